The molecule has 1 atom stereocenters. The molecule has 0 radical (unpaired) electrons. The maximum Gasteiger partial charge on any atom is 0.260 e. The van der Waals surface area contributed by atoms with Crippen LogP contribution in [-0.2, 0) is 4.79 Å². The van der Waals surface area contributed by atoms with E-state index in [1.807, 2.05) is 0 Å². The van der Waals surface area contributed by atoms with Crippen LogP contribution >= 0.6 is 0 Å². The average Bonchev–Trinajstić information content (AvgIpc) is 2.75. The van der Waals surface area contributed by atoms with Crippen LogP contribution in [0.15, 0.2) is 24.3 Å². The maximum absolute atomic E-state index is 12.6. The fourth-order valence-electron chi connectivity index (χ4n) is 1.78. The van der Waals surface area contributed by atoms with Crippen molar-refractivity contribution in [3.63, 3.8) is 0 Å². The Labute approximate surface area is 99.2 Å². The lowest BCUT2D eigenvalue weighted by atomic mass is 10.3. The summed E-state index contributed by atoms with van der Waals surface area (Å²) in [6.45, 7) is 1.25. The molecule has 1 amide bonds. The van der Waals surface area contributed by atoms with E-state index in [9.17, 15) is 9.18 Å². The number of amides is 1. The molecule has 0 bridgehead atoms. The molecule has 0 aliphatic carbocycles. The van der Waals surface area contributed by atoms with Crippen molar-refractivity contribution < 1.29 is 13.9 Å². The molecular weight excluding hydrogens is 223 g/mol. The summed E-state index contributed by atoms with van der Waals surface area (Å²) in [6, 6.07) is 5.66. The molecule has 1 aliphatic heterocycles. The second-order valence-electron chi connectivity index (χ2n) is 4.13. The molecule has 1 aliphatic rings. The molecule has 0 saturated carbocycles. The van der Waals surface area contributed by atoms with E-state index >= 15 is 0 Å². The van der Waals surface area contributed by atoms with Crippen molar-refractivity contribution in [3.8, 4) is 5.75 Å². The minimum absolute atomic E-state index is 0.0294. The molecule has 1 heterocycles. The first-order valence-electron chi connectivity index (χ1n) is 5.57. The standard InChI is InChI=1S/C12H15FN2O2/c13-9-1-3-11(4-2-9)17-8-12(16)15-6-5-10(14)7-15/h1-4,10H,5-8,14H2/t10-/m1/s1. The molecule has 1 aromatic rings. The van der Waals surface area contributed by atoms with E-state index in [0.29, 0.717) is 18.8 Å². The lowest BCUT2D eigenvalue weighted by Crippen LogP contribution is -2.35. The van der Waals surface area contributed by atoms with Gasteiger partial charge < -0.3 is 15.4 Å². The van der Waals surface area contributed by atoms with Crippen molar-refractivity contribution in [2.24, 2.45) is 5.73 Å². The lowest BCUT2D eigenvalue weighted by Gasteiger charge is -2.15. The van der Waals surface area contributed by atoms with Gasteiger partial charge in [0.2, 0.25) is 0 Å². The van der Waals surface area contributed by atoms with Crippen LogP contribution in [0.25, 0.3) is 0 Å². The van der Waals surface area contributed by atoms with Gasteiger partial charge in [0.05, 0.1) is 0 Å². The van der Waals surface area contributed by atoms with Gasteiger partial charge in [-0.15, -0.1) is 0 Å². The highest BCUT2D eigenvalue weighted by Gasteiger charge is 2.23. The molecule has 1 aromatic carbocycles. The van der Waals surface area contributed by atoms with Gasteiger partial charge in [0.15, 0.2) is 6.61 Å². The van der Waals surface area contributed by atoms with Crippen LogP contribution in [0, 0.1) is 5.82 Å². The van der Waals surface area contributed by atoms with Crippen molar-refractivity contribution in [1.29, 1.82) is 0 Å². The zero-order valence-electron chi connectivity index (χ0n) is 9.43. The molecule has 2 rings (SSSR count). The van der Waals surface area contributed by atoms with E-state index in [1.165, 1.54) is 24.3 Å². The predicted octanol–water partition coefficient (Wildman–Crippen LogP) is 0.764. The van der Waals surface area contributed by atoms with Gasteiger partial charge in [-0.1, -0.05) is 0 Å². The number of hydrogen-bond donors (Lipinski definition) is 1. The van der Waals surface area contributed by atoms with E-state index in [2.05, 4.69) is 0 Å². The van der Waals surface area contributed by atoms with Crippen molar-refractivity contribution >= 4 is 5.91 Å². The Kier molecular flexibility index (Phi) is 3.58. The number of halogens is 1. The average molecular weight is 238 g/mol. The summed E-state index contributed by atoms with van der Waals surface area (Å²) in [5, 5.41) is 0. The molecule has 1 fully saturated rings. The van der Waals surface area contributed by atoms with Crippen LogP contribution in [-0.4, -0.2) is 36.5 Å². The SMILES string of the molecule is N[C@@H]1CCN(C(=O)COc2ccc(F)cc2)C1. The van der Waals surface area contributed by atoms with Crippen molar-refractivity contribution in [3.05, 3.63) is 30.1 Å². The Bertz CT molecular complexity index is 394. The Balaban J connectivity index is 1.82. The number of carbonyl (C=O) groups is 1. The topological polar surface area (TPSA) is 55.6 Å². The highest BCUT2D eigenvalue weighted by atomic mass is 19.1. The quantitative estimate of drug-likeness (QED) is 0.846. The third-order valence-electron chi connectivity index (χ3n) is 2.75. The summed E-state index contributed by atoms with van der Waals surface area (Å²) in [5.74, 6) is 0.0831. The summed E-state index contributed by atoms with van der Waals surface area (Å²) >= 11 is 0. The molecule has 17 heavy (non-hydrogen) atoms. The number of carbonyl (C=O) groups excluding carboxylic acids is 1. The molecule has 0 unspecified atom stereocenters. The van der Waals surface area contributed by atoms with Gasteiger partial charge in [-0.25, -0.2) is 4.39 Å². The molecule has 0 aromatic heterocycles. The Morgan fingerprint density at radius 3 is 2.76 bits per heavy atom. The third kappa shape index (κ3) is 3.17. The van der Waals surface area contributed by atoms with Crippen LogP contribution in [0.4, 0.5) is 4.39 Å². The van der Waals surface area contributed by atoms with Crippen LogP contribution in [0.1, 0.15) is 6.42 Å². The van der Waals surface area contributed by atoms with Gasteiger partial charge in [0.25, 0.3) is 5.91 Å². The van der Waals surface area contributed by atoms with Gasteiger partial charge in [-0.2, -0.15) is 0 Å². The zero-order chi connectivity index (χ0) is 12.3. The monoisotopic (exact) mass is 238 g/mol. The lowest BCUT2D eigenvalue weighted by molar-refractivity contribution is -0.132. The second-order valence-corrected chi connectivity index (χ2v) is 4.13. The largest absolute Gasteiger partial charge is 0.484 e. The van der Waals surface area contributed by atoms with Crippen LogP contribution < -0.4 is 10.5 Å². The summed E-state index contributed by atoms with van der Waals surface area (Å²) < 4.78 is 17.9. The van der Waals surface area contributed by atoms with Crippen LogP contribution in [0.5, 0.6) is 5.75 Å². The molecular formula is C12H15FN2O2. The number of benzene rings is 1. The van der Waals surface area contributed by atoms with Crippen molar-refractivity contribution in [1.82, 2.24) is 4.90 Å². The fourth-order valence-corrected chi connectivity index (χ4v) is 1.78. The number of nitrogens with two attached hydrogens (primary N) is 1. The zero-order valence-corrected chi connectivity index (χ0v) is 9.43. The first kappa shape index (κ1) is 11.9. The number of nitrogens with zero attached hydrogens (tertiary/aromatic N) is 1. The highest BCUT2D eigenvalue weighted by Crippen LogP contribution is 2.12. The van der Waals surface area contributed by atoms with E-state index in [4.69, 9.17) is 10.5 Å². The molecule has 0 spiro atoms. The Morgan fingerprint density at radius 2 is 2.18 bits per heavy atom. The number of hydrogen-bond acceptors (Lipinski definition) is 3. The van der Waals surface area contributed by atoms with E-state index < -0.39 is 0 Å². The maximum atomic E-state index is 12.6. The summed E-state index contributed by atoms with van der Waals surface area (Å²) in [5.41, 5.74) is 5.71. The van der Waals surface area contributed by atoms with Crippen molar-refractivity contribution in [2.75, 3.05) is 19.7 Å². The van der Waals surface area contributed by atoms with E-state index in [1.54, 1.807) is 4.90 Å². The number of likely N-dealkylation sites (tertiary alicyclic amines) is 1. The van der Waals surface area contributed by atoms with Crippen molar-refractivity contribution in [2.45, 2.75) is 12.5 Å². The second kappa shape index (κ2) is 5.14. The predicted molar refractivity (Wildman–Crippen MR) is 61.1 cm³/mol. The minimum atomic E-state index is -0.325. The first-order chi connectivity index (χ1) is 8.15. The summed E-state index contributed by atoms with van der Waals surface area (Å²) in [7, 11) is 0. The molecule has 4 nitrogen and oxygen atoms in total. The smallest absolute Gasteiger partial charge is 0.260 e. The highest BCUT2D eigenvalue weighted by molar-refractivity contribution is 5.78. The molecule has 2 N–H and O–H groups in total. The molecule has 92 valence electrons. The van der Waals surface area contributed by atoms with Gasteiger partial charge in [0.1, 0.15) is 11.6 Å². The Morgan fingerprint density at radius 1 is 1.47 bits per heavy atom. The fraction of sp³-hybridized carbons (Fsp3) is 0.417. The summed E-state index contributed by atoms with van der Waals surface area (Å²) in [4.78, 5) is 13.4. The minimum Gasteiger partial charge on any atom is -0.484 e. The normalized spacial score (nSPS) is 19.4. The Hall–Kier alpha value is -1.62. The van der Waals surface area contributed by atoms with Gasteiger partial charge >= 0.3 is 0 Å². The van der Waals surface area contributed by atoms with Gasteiger partial charge in [0, 0.05) is 19.1 Å². The number of ether oxygens (including phenoxy) is 1. The van der Waals surface area contributed by atoms with Gasteiger partial charge in [-0.3, -0.25) is 4.79 Å². The first-order valence-corrected chi connectivity index (χ1v) is 5.57. The van der Waals surface area contributed by atoms with E-state index in [0.717, 1.165) is 6.42 Å². The summed E-state index contributed by atoms with van der Waals surface area (Å²) in [6.07, 6.45) is 0.836. The van der Waals surface area contributed by atoms with E-state index in [-0.39, 0.29) is 24.4 Å². The van der Waals surface area contributed by atoms with Crippen LogP contribution in [0.3, 0.4) is 0 Å². The molecule has 5 heteroatoms. The molecule has 1 saturated heterocycles. The third-order valence-corrected chi connectivity index (χ3v) is 2.75. The van der Waals surface area contributed by atoms with Gasteiger partial charge in [-0.05, 0) is 30.7 Å². The number of rotatable bonds is 3. The van der Waals surface area contributed by atoms with Crippen LogP contribution in [0.2, 0.25) is 0 Å².